The van der Waals surface area contributed by atoms with E-state index in [9.17, 15) is 4.39 Å². The zero-order chi connectivity index (χ0) is 11.8. The van der Waals surface area contributed by atoms with Crippen molar-refractivity contribution in [3.05, 3.63) is 28.3 Å². The zero-order valence-electron chi connectivity index (χ0n) is 9.17. The van der Waals surface area contributed by atoms with Crippen LogP contribution in [0, 0.1) is 5.82 Å². The average molecular weight is 299 g/mol. The Morgan fingerprint density at radius 2 is 2.35 bits per heavy atom. The Hall–Kier alpha value is -0.940. The molecule has 1 N–H and O–H groups in total. The van der Waals surface area contributed by atoms with Gasteiger partial charge in [-0.25, -0.2) is 9.37 Å². The van der Waals surface area contributed by atoms with Crippen LogP contribution in [0.5, 0.6) is 0 Å². The first-order valence-corrected chi connectivity index (χ1v) is 6.49. The lowest BCUT2D eigenvalue weighted by Crippen LogP contribution is -2.28. The van der Waals surface area contributed by atoms with Gasteiger partial charge in [-0.15, -0.1) is 0 Å². The molecule has 0 saturated carbocycles. The van der Waals surface area contributed by atoms with E-state index in [0.29, 0.717) is 27.4 Å². The van der Waals surface area contributed by atoms with Gasteiger partial charge in [0.25, 0.3) is 0 Å². The van der Waals surface area contributed by atoms with E-state index in [1.807, 2.05) is 0 Å². The first-order chi connectivity index (χ1) is 8.24. The molecule has 5 heteroatoms. The van der Waals surface area contributed by atoms with Gasteiger partial charge in [0.1, 0.15) is 11.3 Å². The summed E-state index contributed by atoms with van der Waals surface area (Å²) in [5.41, 5.74) is 1.21. The second-order valence-corrected chi connectivity index (χ2v) is 5.19. The Morgan fingerprint density at radius 1 is 1.47 bits per heavy atom. The highest BCUT2D eigenvalue weighted by atomic mass is 79.9. The van der Waals surface area contributed by atoms with Crippen molar-refractivity contribution in [2.45, 2.75) is 18.8 Å². The molecule has 1 aromatic heterocycles. The molecular formula is C12H12BrFN2O. The van der Waals surface area contributed by atoms with Crippen LogP contribution < -0.4 is 5.32 Å². The third-order valence-corrected chi connectivity index (χ3v) is 3.66. The molecule has 1 aliphatic heterocycles. The van der Waals surface area contributed by atoms with Crippen molar-refractivity contribution in [1.82, 2.24) is 10.3 Å². The van der Waals surface area contributed by atoms with Gasteiger partial charge in [-0.3, -0.25) is 0 Å². The minimum absolute atomic E-state index is 0.297. The van der Waals surface area contributed by atoms with Gasteiger partial charge in [0.2, 0.25) is 0 Å². The monoisotopic (exact) mass is 298 g/mol. The number of rotatable bonds is 1. The molecule has 1 atom stereocenters. The number of aromatic nitrogens is 1. The summed E-state index contributed by atoms with van der Waals surface area (Å²) in [5, 5.41) is 3.32. The first kappa shape index (κ1) is 11.2. The zero-order valence-corrected chi connectivity index (χ0v) is 10.8. The molecule has 1 fully saturated rings. The molecule has 2 heterocycles. The predicted molar refractivity (Wildman–Crippen MR) is 66.5 cm³/mol. The highest BCUT2D eigenvalue weighted by molar-refractivity contribution is 9.10. The van der Waals surface area contributed by atoms with Gasteiger partial charge in [-0.2, -0.15) is 0 Å². The minimum Gasteiger partial charge on any atom is -0.439 e. The number of nitrogens with one attached hydrogen (secondary N) is 1. The molecule has 3 nitrogen and oxygen atoms in total. The van der Waals surface area contributed by atoms with Gasteiger partial charge in [0.15, 0.2) is 11.5 Å². The van der Waals surface area contributed by atoms with Crippen LogP contribution in [0.3, 0.4) is 0 Å². The Balaban J connectivity index is 2.03. The third kappa shape index (κ3) is 2.09. The molecule has 0 aliphatic carbocycles. The molecular weight excluding hydrogens is 287 g/mol. The van der Waals surface area contributed by atoms with Crippen LogP contribution in [-0.4, -0.2) is 18.1 Å². The fourth-order valence-corrected chi connectivity index (χ4v) is 2.72. The van der Waals surface area contributed by atoms with E-state index < -0.39 is 0 Å². The Kier molecular flexibility index (Phi) is 2.88. The number of halogens is 2. The molecule has 2 aromatic rings. The van der Waals surface area contributed by atoms with E-state index in [1.165, 1.54) is 12.1 Å². The summed E-state index contributed by atoms with van der Waals surface area (Å²) < 4.78 is 19.6. The van der Waals surface area contributed by atoms with Crippen LogP contribution in [0.15, 0.2) is 21.0 Å². The molecule has 1 unspecified atom stereocenters. The number of benzene rings is 1. The van der Waals surface area contributed by atoms with Gasteiger partial charge in [0.05, 0.1) is 4.47 Å². The normalized spacial score (nSPS) is 20.9. The van der Waals surface area contributed by atoms with Gasteiger partial charge < -0.3 is 9.73 Å². The lowest BCUT2D eigenvalue weighted by Gasteiger charge is -2.19. The summed E-state index contributed by atoms with van der Waals surface area (Å²) >= 11 is 3.30. The van der Waals surface area contributed by atoms with Crippen LogP contribution in [0.25, 0.3) is 11.1 Å². The van der Waals surface area contributed by atoms with E-state index in [0.717, 1.165) is 25.9 Å². The summed E-state index contributed by atoms with van der Waals surface area (Å²) in [6.07, 6.45) is 2.19. The number of piperidine rings is 1. The largest absolute Gasteiger partial charge is 0.439 e. The van der Waals surface area contributed by atoms with E-state index in [-0.39, 0.29) is 5.82 Å². The van der Waals surface area contributed by atoms with Crippen molar-refractivity contribution >= 4 is 27.0 Å². The van der Waals surface area contributed by atoms with E-state index in [2.05, 4.69) is 26.2 Å². The molecule has 0 amide bonds. The molecule has 0 bridgehead atoms. The van der Waals surface area contributed by atoms with Crippen LogP contribution in [0.4, 0.5) is 4.39 Å². The lowest BCUT2D eigenvalue weighted by molar-refractivity contribution is 0.387. The summed E-state index contributed by atoms with van der Waals surface area (Å²) in [4.78, 5) is 4.38. The fourth-order valence-electron chi connectivity index (χ4n) is 2.21. The molecule has 0 radical (unpaired) electrons. The van der Waals surface area contributed by atoms with Gasteiger partial charge in [0, 0.05) is 18.5 Å². The molecule has 90 valence electrons. The molecule has 1 saturated heterocycles. The van der Waals surface area contributed by atoms with Crippen LogP contribution in [-0.2, 0) is 0 Å². The van der Waals surface area contributed by atoms with Crippen molar-refractivity contribution in [1.29, 1.82) is 0 Å². The Morgan fingerprint density at radius 3 is 3.12 bits per heavy atom. The first-order valence-electron chi connectivity index (χ1n) is 5.70. The van der Waals surface area contributed by atoms with Crippen LogP contribution in [0.1, 0.15) is 24.7 Å². The summed E-state index contributed by atoms with van der Waals surface area (Å²) in [6, 6.07) is 2.81. The minimum atomic E-state index is -0.300. The molecule has 3 rings (SSSR count). The highest BCUT2D eigenvalue weighted by Crippen LogP contribution is 2.30. The second kappa shape index (κ2) is 4.38. The molecule has 0 spiro atoms. The smallest absolute Gasteiger partial charge is 0.199 e. The van der Waals surface area contributed by atoms with Crippen molar-refractivity contribution in [3.8, 4) is 0 Å². The average Bonchev–Trinajstić information content (AvgIpc) is 2.74. The van der Waals surface area contributed by atoms with Gasteiger partial charge >= 0.3 is 0 Å². The van der Waals surface area contributed by atoms with E-state index >= 15 is 0 Å². The quantitative estimate of drug-likeness (QED) is 0.879. The summed E-state index contributed by atoms with van der Waals surface area (Å²) in [6.45, 7) is 1.93. The third-order valence-electron chi connectivity index (χ3n) is 3.07. The predicted octanol–water partition coefficient (Wildman–Crippen LogP) is 3.20. The Labute approximate surface area is 107 Å². The van der Waals surface area contributed by atoms with E-state index in [1.54, 1.807) is 0 Å². The maximum atomic E-state index is 13.2. The van der Waals surface area contributed by atoms with Crippen LogP contribution >= 0.6 is 15.9 Å². The topological polar surface area (TPSA) is 38.1 Å². The Bertz CT molecular complexity index is 549. The standard InChI is InChI=1S/C12H12BrFN2O/c13-9-4-8(14)5-10-11(9)17-12(16-10)7-2-1-3-15-6-7/h4-5,7,15H,1-3,6H2. The summed E-state index contributed by atoms with van der Waals surface area (Å²) in [5.74, 6) is 0.704. The SMILES string of the molecule is Fc1cc(Br)c2oc(C3CCCNC3)nc2c1. The number of nitrogens with zero attached hydrogens (tertiary/aromatic N) is 1. The maximum absolute atomic E-state index is 13.2. The molecule has 1 aromatic carbocycles. The van der Waals surface area contributed by atoms with Gasteiger partial charge in [-0.05, 0) is 41.4 Å². The second-order valence-electron chi connectivity index (χ2n) is 4.33. The maximum Gasteiger partial charge on any atom is 0.199 e. The molecule has 17 heavy (non-hydrogen) atoms. The number of hydrogen-bond donors (Lipinski definition) is 1. The van der Waals surface area contributed by atoms with Crippen molar-refractivity contribution < 1.29 is 8.81 Å². The van der Waals surface area contributed by atoms with Gasteiger partial charge in [-0.1, -0.05) is 0 Å². The van der Waals surface area contributed by atoms with Crippen molar-refractivity contribution in [2.24, 2.45) is 0 Å². The number of hydrogen-bond acceptors (Lipinski definition) is 3. The number of fused-ring (bicyclic) bond motifs is 1. The highest BCUT2D eigenvalue weighted by Gasteiger charge is 2.21. The van der Waals surface area contributed by atoms with E-state index in [4.69, 9.17) is 4.42 Å². The fraction of sp³-hybridized carbons (Fsp3) is 0.417. The summed E-state index contributed by atoms with van der Waals surface area (Å²) in [7, 11) is 0. The molecule has 1 aliphatic rings. The van der Waals surface area contributed by atoms with Crippen molar-refractivity contribution in [3.63, 3.8) is 0 Å². The lowest BCUT2D eigenvalue weighted by atomic mass is 10.00. The number of oxazole rings is 1. The van der Waals surface area contributed by atoms with Crippen molar-refractivity contribution in [2.75, 3.05) is 13.1 Å². The van der Waals surface area contributed by atoms with Crippen LogP contribution in [0.2, 0.25) is 0 Å².